The molecule has 1 aromatic heterocycles. The van der Waals surface area contributed by atoms with Gasteiger partial charge < -0.3 is 9.30 Å². The van der Waals surface area contributed by atoms with Crippen LogP contribution in [-0.2, 0) is 11.8 Å². The quantitative estimate of drug-likeness (QED) is 0.619. The third kappa shape index (κ3) is 1.49. The highest BCUT2D eigenvalue weighted by molar-refractivity contribution is 5.89. The molecule has 1 aliphatic rings. The van der Waals surface area contributed by atoms with Gasteiger partial charge in [-0.25, -0.2) is 4.79 Å². The third-order valence-corrected chi connectivity index (χ3v) is 1.87. The summed E-state index contributed by atoms with van der Waals surface area (Å²) in [7, 11) is 1.88. The minimum Gasteiger partial charge on any atom is -0.459 e. The number of aromatic nitrogens is 1. The van der Waals surface area contributed by atoms with Crippen molar-refractivity contribution in [2.24, 2.45) is 7.05 Å². The lowest BCUT2D eigenvalue weighted by Crippen LogP contribution is -2.05. The normalized spacial score (nSPS) is 16.1. The minimum atomic E-state index is -0.196. The van der Waals surface area contributed by atoms with Crippen LogP contribution in [0.2, 0.25) is 0 Å². The van der Waals surface area contributed by atoms with Gasteiger partial charge in [0, 0.05) is 19.4 Å². The highest BCUT2D eigenvalue weighted by atomic mass is 16.5. The van der Waals surface area contributed by atoms with E-state index in [1.54, 1.807) is 12.3 Å². The largest absolute Gasteiger partial charge is 0.459 e. The fraction of sp³-hybridized carbons (Fsp3) is 0.444. The van der Waals surface area contributed by atoms with Crippen LogP contribution < -0.4 is 0 Å². The number of esters is 1. The Morgan fingerprint density at radius 1 is 1.67 bits per heavy atom. The van der Waals surface area contributed by atoms with Crippen LogP contribution in [0.15, 0.2) is 18.5 Å². The van der Waals surface area contributed by atoms with Crippen LogP contribution in [0.1, 0.15) is 23.2 Å². The lowest BCUT2D eigenvalue weighted by molar-refractivity contribution is 0.0472. The van der Waals surface area contributed by atoms with Crippen LogP contribution in [0.5, 0.6) is 0 Å². The smallest absolute Gasteiger partial charge is 0.339 e. The summed E-state index contributed by atoms with van der Waals surface area (Å²) in [6, 6.07) is 1.77. The summed E-state index contributed by atoms with van der Waals surface area (Å²) in [5, 5.41) is 0. The van der Waals surface area contributed by atoms with E-state index in [-0.39, 0.29) is 12.1 Å². The molecule has 1 aromatic rings. The van der Waals surface area contributed by atoms with E-state index in [4.69, 9.17) is 4.74 Å². The van der Waals surface area contributed by atoms with E-state index >= 15 is 0 Å². The second-order valence-corrected chi connectivity index (χ2v) is 3.17. The molecule has 1 fully saturated rings. The van der Waals surface area contributed by atoms with Gasteiger partial charge in [0.15, 0.2) is 0 Å². The van der Waals surface area contributed by atoms with E-state index in [0.717, 1.165) is 12.8 Å². The van der Waals surface area contributed by atoms with E-state index in [2.05, 4.69) is 0 Å². The Balaban J connectivity index is 2.03. The van der Waals surface area contributed by atoms with Gasteiger partial charge in [-0.3, -0.25) is 0 Å². The maximum atomic E-state index is 11.3. The highest BCUT2D eigenvalue weighted by Gasteiger charge is 2.26. The Morgan fingerprint density at radius 3 is 2.92 bits per heavy atom. The first-order valence-corrected chi connectivity index (χ1v) is 4.08. The first-order valence-electron chi connectivity index (χ1n) is 4.08. The Bertz CT molecular complexity index is 299. The van der Waals surface area contributed by atoms with Crippen molar-refractivity contribution in [3.8, 4) is 0 Å². The molecule has 0 saturated heterocycles. The number of carbonyl (C=O) groups is 1. The monoisotopic (exact) mass is 165 g/mol. The van der Waals surface area contributed by atoms with E-state index < -0.39 is 0 Å². The zero-order valence-corrected chi connectivity index (χ0v) is 6.99. The number of nitrogens with zero attached hydrogens (tertiary/aromatic N) is 1. The van der Waals surface area contributed by atoms with Crippen molar-refractivity contribution in [1.82, 2.24) is 4.57 Å². The average molecular weight is 165 g/mol. The van der Waals surface area contributed by atoms with Crippen LogP contribution in [0.3, 0.4) is 0 Å². The molecule has 0 atom stereocenters. The molecule has 0 aromatic carbocycles. The zero-order valence-electron chi connectivity index (χ0n) is 6.99. The first kappa shape index (κ1) is 7.40. The van der Waals surface area contributed by atoms with Gasteiger partial charge in [0.2, 0.25) is 0 Å². The lowest BCUT2D eigenvalue weighted by atomic mass is 10.3. The fourth-order valence-corrected chi connectivity index (χ4v) is 1.03. The number of hydrogen-bond donors (Lipinski definition) is 0. The second kappa shape index (κ2) is 2.66. The van der Waals surface area contributed by atoms with Gasteiger partial charge in [-0.05, 0) is 18.9 Å². The Morgan fingerprint density at radius 2 is 2.42 bits per heavy atom. The lowest BCUT2D eigenvalue weighted by Gasteiger charge is -1.98. The number of ether oxygens (including phenoxy) is 1. The molecule has 2 rings (SSSR count). The van der Waals surface area contributed by atoms with Crippen LogP contribution in [-0.4, -0.2) is 16.6 Å². The third-order valence-electron chi connectivity index (χ3n) is 1.87. The molecule has 1 saturated carbocycles. The van der Waals surface area contributed by atoms with Crippen molar-refractivity contribution >= 4 is 5.97 Å². The summed E-state index contributed by atoms with van der Waals surface area (Å²) in [5.41, 5.74) is 0.643. The van der Waals surface area contributed by atoms with Gasteiger partial charge in [0.05, 0.1) is 5.56 Å². The number of carbonyl (C=O) groups excluding carboxylic acids is 1. The summed E-state index contributed by atoms with van der Waals surface area (Å²) in [5.74, 6) is -0.196. The Hall–Kier alpha value is -1.25. The van der Waals surface area contributed by atoms with Crippen molar-refractivity contribution in [1.29, 1.82) is 0 Å². The van der Waals surface area contributed by atoms with E-state index in [1.165, 1.54) is 0 Å². The van der Waals surface area contributed by atoms with Crippen LogP contribution in [0, 0.1) is 0 Å². The molecule has 0 bridgehead atoms. The van der Waals surface area contributed by atoms with Crippen LogP contribution in [0.4, 0.5) is 0 Å². The topological polar surface area (TPSA) is 31.2 Å². The summed E-state index contributed by atoms with van der Waals surface area (Å²) >= 11 is 0. The minimum absolute atomic E-state index is 0.192. The number of rotatable bonds is 2. The van der Waals surface area contributed by atoms with Gasteiger partial charge in [0.1, 0.15) is 6.10 Å². The molecular formula is C9H11NO2. The summed E-state index contributed by atoms with van der Waals surface area (Å²) < 4.78 is 6.95. The highest BCUT2D eigenvalue weighted by Crippen LogP contribution is 2.24. The summed E-state index contributed by atoms with van der Waals surface area (Å²) in [6.45, 7) is 0. The maximum Gasteiger partial charge on any atom is 0.339 e. The van der Waals surface area contributed by atoms with E-state index in [0.29, 0.717) is 5.56 Å². The number of aryl methyl sites for hydroxylation is 1. The van der Waals surface area contributed by atoms with Crippen molar-refractivity contribution in [2.45, 2.75) is 18.9 Å². The SMILES string of the molecule is Cn1ccc(C(=O)OC2CC2)c1. The van der Waals surface area contributed by atoms with Crippen molar-refractivity contribution in [3.05, 3.63) is 24.0 Å². The Labute approximate surface area is 70.9 Å². The molecule has 0 radical (unpaired) electrons. The molecule has 64 valence electrons. The van der Waals surface area contributed by atoms with Gasteiger partial charge in [-0.2, -0.15) is 0 Å². The summed E-state index contributed by atoms with van der Waals surface area (Å²) in [4.78, 5) is 11.3. The average Bonchev–Trinajstić information content (AvgIpc) is 2.72. The molecule has 0 amide bonds. The van der Waals surface area contributed by atoms with E-state index in [9.17, 15) is 4.79 Å². The first-order chi connectivity index (χ1) is 5.75. The predicted octanol–water partition coefficient (Wildman–Crippen LogP) is 1.34. The molecule has 12 heavy (non-hydrogen) atoms. The molecule has 0 N–H and O–H groups in total. The molecule has 1 aliphatic carbocycles. The number of hydrogen-bond acceptors (Lipinski definition) is 2. The van der Waals surface area contributed by atoms with Crippen LogP contribution in [0.25, 0.3) is 0 Å². The van der Waals surface area contributed by atoms with Gasteiger partial charge in [-0.15, -0.1) is 0 Å². The maximum absolute atomic E-state index is 11.3. The van der Waals surface area contributed by atoms with E-state index in [1.807, 2.05) is 17.8 Å². The van der Waals surface area contributed by atoms with Gasteiger partial charge in [-0.1, -0.05) is 0 Å². The molecular weight excluding hydrogens is 154 g/mol. The standard InChI is InChI=1S/C9H11NO2/c1-10-5-4-7(6-10)9(11)12-8-2-3-8/h4-6,8H,2-3H2,1H3. The van der Waals surface area contributed by atoms with Gasteiger partial charge in [0.25, 0.3) is 0 Å². The van der Waals surface area contributed by atoms with Crippen LogP contribution >= 0.6 is 0 Å². The predicted molar refractivity (Wildman–Crippen MR) is 43.9 cm³/mol. The summed E-state index contributed by atoms with van der Waals surface area (Å²) in [6.07, 6.45) is 5.85. The molecule has 0 unspecified atom stereocenters. The zero-order chi connectivity index (χ0) is 8.55. The molecule has 1 heterocycles. The van der Waals surface area contributed by atoms with Crippen molar-refractivity contribution in [2.75, 3.05) is 0 Å². The van der Waals surface area contributed by atoms with Crippen molar-refractivity contribution < 1.29 is 9.53 Å². The molecule has 0 spiro atoms. The Kier molecular flexibility index (Phi) is 1.64. The molecule has 0 aliphatic heterocycles. The van der Waals surface area contributed by atoms with Gasteiger partial charge >= 0.3 is 5.97 Å². The van der Waals surface area contributed by atoms with Crippen molar-refractivity contribution in [3.63, 3.8) is 0 Å². The molecule has 3 nitrogen and oxygen atoms in total. The second-order valence-electron chi connectivity index (χ2n) is 3.17. The molecule has 3 heteroatoms. The fourth-order valence-electron chi connectivity index (χ4n) is 1.03.